The van der Waals surface area contributed by atoms with Crippen LogP contribution in [0.25, 0.3) is 0 Å². The van der Waals surface area contributed by atoms with Crippen LogP contribution in [0.5, 0.6) is 0 Å². The zero-order valence-electron chi connectivity index (χ0n) is 9.55. The second kappa shape index (κ2) is 5.46. The number of carbonyl (C=O) groups excluding carboxylic acids is 2. The van der Waals surface area contributed by atoms with Gasteiger partial charge in [-0.1, -0.05) is 18.2 Å². The summed E-state index contributed by atoms with van der Waals surface area (Å²) in [5.74, 6) is -0.548. The van der Waals surface area contributed by atoms with Crippen molar-refractivity contribution in [1.29, 1.82) is 0 Å². The van der Waals surface area contributed by atoms with Crippen LogP contribution < -0.4 is 11.1 Å². The zero-order chi connectivity index (χ0) is 13.0. The van der Waals surface area contributed by atoms with E-state index in [0.717, 1.165) is 5.56 Å². The predicted molar refractivity (Wildman–Crippen MR) is 70.4 cm³/mol. The third-order valence-corrected chi connectivity index (χ3v) is 3.31. The topological polar surface area (TPSA) is 72.2 Å². The van der Waals surface area contributed by atoms with Crippen molar-refractivity contribution in [2.24, 2.45) is 5.73 Å². The molecule has 0 aliphatic carbocycles. The molecule has 3 N–H and O–H groups in total. The van der Waals surface area contributed by atoms with Crippen LogP contribution in [0.15, 0.2) is 41.8 Å². The standard InChI is InChI=1S/C13H12N2O2S/c14-12(16)10-5-3-9(4-6-10)8-15-13(17)11-2-1-7-18-11/h1-7H,8H2,(H2,14,16)(H,15,17). The molecule has 0 fully saturated rings. The quantitative estimate of drug-likeness (QED) is 0.879. The summed E-state index contributed by atoms with van der Waals surface area (Å²) in [6, 6.07) is 10.4. The molecule has 18 heavy (non-hydrogen) atoms. The first-order chi connectivity index (χ1) is 8.66. The number of amides is 2. The molecular formula is C13H12N2O2S. The van der Waals surface area contributed by atoms with E-state index in [0.29, 0.717) is 17.0 Å². The Hall–Kier alpha value is -2.14. The van der Waals surface area contributed by atoms with Crippen LogP contribution in [0.4, 0.5) is 0 Å². The molecule has 5 heteroatoms. The molecule has 92 valence electrons. The molecule has 1 aromatic heterocycles. The fraction of sp³-hybridized carbons (Fsp3) is 0.0769. The van der Waals surface area contributed by atoms with Crippen LogP contribution in [0, 0.1) is 0 Å². The van der Waals surface area contributed by atoms with Gasteiger partial charge in [0, 0.05) is 12.1 Å². The highest BCUT2D eigenvalue weighted by Crippen LogP contribution is 2.09. The number of nitrogens with one attached hydrogen (secondary N) is 1. The highest BCUT2D eigenvalue weighted by atomic mass is 32.1. The Labute approximate surface area is 108 Å². The molecule has 2 aromatic rings. The number of carbonyl (C=O) groups is 2. The van der Waals surface area contributed by atoms with E-state index in [1.807, 2.05) is 11.4 Å². The predicted octanol–water partition coefficient (Wildman–Crippen LogP) is 1.78. The smallest absolute Gasteiger partial charge is 0.261 e. The lowest BCUT2D eigenvalue weighted by atomic mass is 10.1. The summed E-state index contributed by atoms with van der Waals surface area (Å²) in [6.45, 7) is 0.426. The van der Waals surface area contributed by atoms with E-state index < -0.39 is 5.91 Å². The van der Waals surface area contributed by atoms with Crippen LogP contribution in [0.2, 0.25) is 0 Å². The molecule has 0 unspecified atom stereocenters. The van der Waals surface area contributed by atoms with Gasteiger partial charge in [0.15, 0.2) is 0 Å². The SMILES string of the molecule is NC(=O)c1ccc(CNC(=O)c2cccs2)cc1. The van der Waals surface area contributed by atoms with Crippen molar-refractivity contribution in [3.8, 4) is 0 Å². The highest BCUT2D eigenvalue weighted by molar-refractivity contribution is 7.12. The van der Waals surface area contributed by atoms with Crippen LogP contribution in [0.1, 0.15) is 25.6 Å². The maximum atomic E-state index is 11.7. The van der Waals surface area contributed by atoms with Crippen molar-refractivity contribution in [2.75, 3.05) is 0 Å². The summed E-state index contributed by atoms with van der Waals surface area (Å²) in [4.78, 5) is 23.3. The first-order valence-corrected chi connectivity index (χ1v) is 6.25. The van der Waals surface area contributed by atoms with Crippen LogP contribution in [-0.4, -0.2) is 11.8 Å². The molecule has 2 rings (SSSR count). The van der Waals surface area contributed by atoms with E-state index in [4.69, 9.17) is 5.73 Å². The number of nitrogens with two attached hydrogens (primary N) is 1. The second-order valence-electron chi connectivity index (χ2n) is 3.72. The van der Waals surface area contributed by atoms with E-state index in [9.17, 15) is 9.59 Å². The zero-order valence-corrected chi connectivity index (χ0v) is 10.4. The molecule has 0 bridgehead atoms. The molecule has 4 nitrogen and oxygen atoms in total. The van der Waals surface area contributed by atoms with Crippen molar-refractivity contribution in [1.82, 2.24) is 5.32 Å². The lowest BCUT2D eigenvalue weighted by Crippen LogP contribution is -2.21. The van der Waals surface area contributed by atoms with Gasteiger partial charge in [0.2, 0.25) is 5.91 Å². The molecule has 1 heterocycles. The minimum atomic E-state index is -0.454. The van der Waals surface area contributed by atoms with Gasteiger partial charge in [0.05, 0.1) is 4.88 Å². The molecule has 0 aliphatic rings. The monoisotopic (exact) mass is 260 g/mol. The van der Waals surface area contributed by atoms with Gasteiger partial charge in [-0.3, -0.25) is 9.59 Å². The molecule has 0 saturated carbocycles. The van der Waals surface area contributed by atoms with Gasteiger partial charge in [-0.05, 0) is 29.1 Å². The average Bonchev–Trinajstić information content (AvgIpc) is 2.90. The lowest BCUT2D eigenvalue weighted by molar-refractivity contribution is 0.0953. The first-order valence-electron chi connectivity index (χ1n) is 5.37. The molecule has 0 saturated heterocycles. The molecule has 0 spiro atoms. The van der Waals surface area contributed by atoms with Crippen molar-refractivity contribution < 1.29 is 9.59 Å². The summed E-state index contributed by atoms with van der Waals surface area (Å²) in [7, 11) is 0. The summed E-state index contributed by atoms with van der Waals surface area (Å²) < 4.78 is 0. The maximum absolute atomic E-state index is 11.7. The van der Waals surface area contributed by atoms with Gasteiger partial charge in [0.25, 0.3) is 5.91 Å². The maximum Gasteiger partial charge on any atom is 0.261 e. The Kier molecular flexibility index (Phi) is 3.74. The van der Waals surface area contributed by atoms with E-state index in [-0.39, 0.29) is 5.91 Å². The minimum Gasteiger partial charge on any atom is -0.366 e. The lowest BCUT2D eigenvalue weighted by Gasteiger charge is -2.04. The molecule has 0 radical (unpaired) electrons. The van der Waals surface area contributed by atoms with E-state index in [1.165, 1.54) is 11.3 Å². The van der Waals surface area contributed by atoms with Gasteiger partial charge in [-0.2, -0.15) is 0 Å². The molecule has 2 amide bonds. The number of rotatable bonds is 4. The van der Waals surface area contributed by atoms with Crippen LogP contribution in [-0.2, 0) is 6.54 Å². The number of thiophene rings is 1. The van der Waals surface area contributed by atoms with E-state index in [1.54, 1.807) is 30.3 Å². The third kappa shape index (κ3) is 2.95. The van der Waals surface area contributed by atoms with Gasteiger partial charge in [0.1, 0.15) is 0 Å². The Morgan fingerprint density at radius 3 is 2.44 bits per heavy atom. The largest absolute Gasteiger partial charge is 0.366 e. The summed E-state index contributed by atoms with van der Waals surface area (Å²) in [6.07, 6.45) is 0. The fourth-order valence-electron chi connectivity index (χ4n) is 1.46. The van der Waals surface area contributed by atoms with Crippen molar-refractivity contribution in [3.05, 3.63) is 57.8 Å². The van der Waals surface area contributed by atoms with E-state index >= 15 is 0 Å². The average molecular weight is 260 g/mol. The van der Waals surface area contributed by atoms with Gasteiger partial charge in [-0.15, -0.1) is 11.3 Å². The Balaban J connectivity index is 1.94. The van der Waals surface area contributed by atoms with Gasteiger partial charge < -0.3 is 11.1 Å². The van der Waals surface area contributed by atoms with E-state index in [2.05, 4.69) is 5.32 Å². The number of primary amides is 1. The van der Waals surface area contributed by atoms with Gasteiger partial charge in [-0.25, -0.2) is 0 Å². The highest BCUT2D eigenvalue weighted by Gasteiger charge is 2.06. The second-order valence-corrected chi connectivity index (χ2v) is 4.67. The molecule has 0 atom stereocenters. The molecule has 1 aromatic carbocycles. The summed E-state index contributed by atoms with van der Waals surface area (Å²) in [5.41, 5.74) is 6.53. The van der Waals surface area contributed by atoms with Crippen molar-refractivity contribution in [2.45, 2.75) is 6.54 Å². The van der Waals surface area contributed by atoms with Gasteiger partial charge >= 0.3 is 0 Å². The Morgan fingerprint density at radius 2 is 1.89 bits per heavy atom. The molecular weight excluding hydrogens is 248 g/mol. The number of benzene rings is 1. The number of hydrogen-bond acceptors (Lipinski definition) is 3. The van der Waals surface area contributed by atoms with Crippen LogP contribution >= 0.6 is 11.3 Å². The summed E-state index contributed by atoms with van der Waals surface area (Å²) in [5, 5.41) is 4.66. The van der Waals surface area contributed by atoms with Crippen LogP contribution in [0.3, 0.4) is 0 Å². The minimum absolute atomic E-state index is 0.0935. The third-order valence-electron chi connectivity index (χ3n) is 2.44. The normalized spacial score (nSPS) is 10.0. The summed E-state index contributed by atoms with van der Waals surface area (Å²) >= 11 is 1.40. The number of hydrogen-bond donors (Lipinski definition) is 2. The van der Waals surface area contributed by atoms with Crippen molar-refractivity contribution in [3.63, 3.8) is 0 Å². The Morgan fingerprint density at radius 1 is 1.17 bits per heavy atom. The first kappa shape index (κ1) is 12.3. The molecule has 0 aliphatic heterocycles. The fourth-order valence-corrected chi connectivity index (χ4v) is 2.10. The Bertz CT molecular complexity index is 547. The van der Waals surface area contributed by atoms with Crippen molar-refractivity contribution >= 4 is 23.2 Å².